The lowest BCUT2D eigenvalue weighted by Gasteiger charge is -2.14. The predicted octanol–water partition coefficient (Wildman–Crippen LogP) is 2.63. The maximum atomic E-state index is 11.1. The van der Waals surface area contributed by atoms with Gasteiger partial charge in [0.25, 0.3) is 0 Å². The van der Waals surface area contributed by atoms with Crippen LogP contribution in [0.4, 0.5) is 0 Å². The molecule has 96 valence electrons. The SMILES string of the molecule is Cc1cc(-c2nc(C(C)(C)C)c(C(=O)O)o2)no1. The Labute approximate surface area is 104 Å². The van der Waals surface area contributed by atoms with Gasteiger partial charge in [0.15, 0.2) is 5.69 Å². The second-order valence-corrected chi connectivity index (χ2v) is 5.07. The first kappa shape index (κ1) is 12.3. The van der Waals surface area contributed by atoms with Crippen molar-refractivity contribution >= 4 is 5.97 Å². The van der Waals surface area contributed by atoms with Crippen molar-refractivity contribution < 1.29 is 18.8 Å². The Hall–Kier alpha value is -2.11. The molecule has 0 aromatic carbocycles. The van der Waals surface area contributed by atoms with Gasteiger partial charge in [-0.15, -0.1) is 0 Å². The minimum atomic E-state index is -1.14. The van der Waals surface area contributed by atoms with Crippen LogP contribution in [0.2, 0.25) is 0 Å². The van der Waals surface area contributed by atoms with Crippen molar-refractivity contribution in [2.24, 2.45) is 0 Å². The minimum absolute atomic E-state index is 0.154. The van der Waals surface area contributed by atoms with Crippen LogP contribution in [-0.4, -0.2) is 21.2 Å². The van der Waals surface area contributed by atoms with Crippen molar-refractivity contribution in [3.05, 3.63) is 23.3 Å². The molecule has 1 N–H and O–H groups in total. The van der Waals surface area contributed by atoms with Gasteiger partial charge >= 0.3 is 5.97 Å². The monoisotopic (exact) mass is 250 g/mol. The van der Waals surface area contributed by atoms with Crippen LogP contribution < -0.4 is 0 Å². The smallest absolute Gasteiger partial charge is 0.373 e. The Balaban J connectivity index is 2.56. The molecule has 0 amide bonds. The first-order chi connectivity index (χ1) is 8.29. The number of nitrogens with zero attached hydrogens (tertiary/aromatic N) is 2. The van der Waals surface area contributed by atoms with E-state index in [9.17, 15) is 4.79 Å². The van der Waals surface area contributed by atoms with Crippen molar-refractivity contribution in [1.29, 1.82) is 0 Å². The molecule has 2 aromatic heterocycles. The van der Waals surface area contributed by atoms with Gasteiger partial charge < -0.3 is 14.0 Å². The number of aromatic carboxylic acids is 1. The maximum Gasteiger partial charge on any atom is 0.373 e. The minimum Gasteiger partial charge on any atom is -0.475 e. The molecule has 6 heteroatoms. The molecule has 18 heavy (non-hydrogen) atoms. The molecule has 0 unspecified atom stereocenters. The summed E-state index contributed by atoms with van der Waals surface area (Å²) in [7, 11) is 0. The maximum absolute atomic E-state index is 11.1. The lowest BCUT2D eigenvalue weighted by atomic mass is 9.91. The van der Waals surface area contributed by atoms with Crippen LogP contribution in [0.25, 0.3) is 11.6 Å². The van der Waals surface area contributed by atoms with Crippen molar-refractivity contribution in [1.82, 2.24) is 10.1 Å². The van der Waals surface area contributed by atoms with E-state index >= 15 is 0 Å². The number of aryl methyl sites for hydroxylation is 1. The molecule has 0 spiro atoms. The van der Waals surface area contributed by atoms with E-state index in [2.05, 4.69) is 10.1 Å². The number of aromatic nitrogens is 2. The lowest BCUT2D eigenvalue weighted by molar-refractivity contribution is 0.0659. The molecular formula is C12H14N2O4. The Morgan fingerprint density at radius 1 is 1.39 bits per heavy atom. The fourth-order valence-electron chi connectivity index (χ4n) is 1.55. The number of rotatable bonds is 2. The molecule has 0 saturated heterocycles. The van der Waals surface area contributed by atoms with Crippen LogP contribution >= 0.6 is 0 Å². The highest BCUT2D eigenvalue weighted by Gasteiger charge is 2.29. The highest BCUT2D eigenvalue weighted by Crippen LogP contribution is 2.29. The molecule has 6 nitrogen and oxygen atoms in total. The van der Waals surface area contributed by atoms with Crippen LogP contribution in [0.5, 0.6) is 0 Å². The molecule has 0 atom stereocenters. The van der Waals surface area contributed by atoms with Crippen molar-refractivity contribution in [3.8, 4) is 11.6 Å². The number of hydrogen-bond donors (Lipinski definition) is 1. The zero-order valence-corrected chi connectivity index (χ0v) is 10.6. The van der Waals surface area contributed by atoms with Crippen LogP contribution in [0, 0.1) is 6.92 Å². The Bertz CT molecular complexity index is 589. The summed E-state index contributed by atoms with van der Waals surface area (Å²) in [5.41, 5.74) is 0.366. The first-order valence-corrected chi connectivity index (χ1v) is 5.47. The fraction of sp³-hybridized carbons (Fsp3) is 0.417. The van der Waals surface area contributed by atoms with Gasteiger partial charge in [-0.05, 0) is 6.92 Å². The van der Waals surface area contributed by atoms with Gasteiger partial charge in [-0.2, -0.15) is 0 Å². The molecule has 2 aromatic rings. The normalized spacial score (nSPS) is 11.8. The van der Waals surface area contributed by atoms with E-state index in [1.807, 2.05) is 20.8 Å². The third-order valence-corrected chi connectivity index (χ3v) is 2.38. The summed E-state index contributed by atoms with van der Waals surface area (Å²) in [6.07, 6.45) is 0. The number of carboxylic acids is 1. The van der Waals surface area contributed by atoms with Gasteiger partial charge in [0.2, 0.25) is 11.7 Å². The molecule has 0 aliphatic heterocycles. The first-order valence-electron chi connectivity index (χ1n) is 5.47. The molecule has 2 heterocycles. The van der Waals surface area contributed by atoms with Crippen LogP contribution in [-0.2, 0) is 5.41 Å². The molecule has 2 rings (SSSR count). The number of carboxylic acid groups (broad SMARTS) is 1. The third-order valence-electron chi connectivity index (χ3n) is 2.38. The zero-order valence-electron chi connectivity index (χ0n) is 10.6. The summed E-state index contributed by atoms with van der Waals surface area (Å²) >= 11 is 0. The van der Waals surface area contributed by atoms with Gasteiger partial charge in [0.05, 0.1) is 0 Å². The van der Waals surface area contributed by atoms with Gasteiger partial charge in [0.1, 0.15) is 11.5 Å². The van der Waals surface area contributed by atoms with Crippen molar-refractivity contribution in [3.63, 3.8) is 0 Å². The quantitative estimate of drug-likeness (QED) is 0.881. The van der Waals surface area contributed by atoms with Crippen molar-refractivity contribution in [2.75, 3.05) is 0 Å². The van der Waals surface area contributed by atoms with Crippen LogP contribution in [0.1, 0.15) is 42.8 Å². The highest BCUT2D eigenvalue weighted by atomic mass is 16.5. The summed E-state index contributed by atoms with van der Waals surface area (Å²) < 4.78 is 10.2. The lowest BCUT2D eigenvalue weighted by Crippen LogP contribution is -2.16. The topological polar surface area (TPSA) is 89.4 Å². The molecular weight excluding hydrogens is 236 g/mol. The number of hydrogen-bond acceptors (Lipinski definition) is 5. The largest absolute Gasteiger partial charge is 0.475 e. The van der Waals surface area contributed by atoms with Gasteiger partial charge in [0, 0.05) is 11.5 Å². The van der Waals surface area contributed by atoms with E-state index in [0.717, 1.165) is 0 Å². The average Bonchev–Trinajstić information content (AvgIpc) is 2.81. The Morgan fingerprint density at radius 2 is 2.06 bits per heavy atom. The van der Waals surface area contributed by atoms with Crippen LogP contribution in [0.3, 0.4) is 0 Å². The van der Waals surface area contributed by atoms with E-state index in [4.69, 9.17) is 14.0 Å². The van der Waals surface area contributed by atoms with E-state index in [1.165, 1.54) is 0 Å². The zero-order chi connectivity index (χ0) is 13.5. The predicted molar refractivity (Wildman–Crippen MR) is 62.4 cm³/mol. The Morgan fingerprint density at radius 3 is 2.44 bits per heavy atom. The average molecular weight is 250 g/mol. The molecule has 0 radical (unpaired) electrons. The summed E-state index contributed by atoms with van der Waals surface area (Å²) in [6.45, 7) is 7.35. The fourth-order valence-corrected chi connectivity index (χ4v) is 1.55. The third kappa shape index (κ3) is 2.13. The van der Waals surface area contributed by atoms with Crippen LogP contribution in [0.15, 0.2) is 15.0 Å². The van der Waals surface area contributed by atoms with E-state index in [-0.39, 0.29) is 11.7 Å². The summed E-state index contributed by atoms with van der Waals surface area (Å²) in [6, 6.07) is 1.64. The number of oxazole rings is 1. The molecule has 0 aliphatic carbocycles. The highest BCUT2D eigenvalue weighted by molar-refractivity contribution is 5.86. The standard InChI is InChI=1S/C12H14N2O4/c1-6-5-7(14-18-6)10-13-9(12(2,3)4)8(17-10)11(15)16/h5H,1-4H3,(H,15,16). The van der Waals surface area contributed by atoms with Gasteiger partial charge in [-0.25, -0.2) is 9.78 Å². The number of carbonyl (C=O) groups is 1. The van der Waals surface area contributed by atoms with E-state index in [1.54, 1.807) is 13.0 Å². The second-order valence-electron chi connectivity index (χ2n) is 5.07. The molecule has 0 saturated carbocycles. The molecule has 0 fully saturated rings. The van der Waals surface area contributed by atoms with Gasteiger partial charge in [-0.3, -0.25) is 0 Å². The second kappa shape index (κ2) is 3.97. The summed E-state index contributed by atoms with van der Waals surface area (Å²) in [5, 5.41) is 12.9. The molecule has 0 bridgehead atoms. The van der Waals surface area contributed by atoms with E-state index < -0.39 is 11.4 Å². The summed E-state index contributed by atoms with van der Waals surface area (Å²) in [5.74, 6) is -0.524. The molecule has 0 aliphatic rings. The van der Waals surface area contributed by atoms with Gasteiger partial charge in [-0.1, -0.05) is 25.9 Å². The Kier molecular flexibility index (Phi) is 2.73. The van der Waals surface area contributed by atoms with Crippen molar-refractivity contribution in [2.45, 2.75) is 33.1 Å². The van der Waals surface area contributed by atoms with E-state index in [0.29, 0.717) is 17.1 Å². The summed E-state index contributed by atoms with van der Waals surface area (Å²) in [4.78, 5) is 15.4.